The van der Waals surface area contributed by atoms with Gasteiger partial charge in [0.15, 0.2) is 5.82 Å². The predicted octanol–water partition coefficient (Wildman–Crippen LogP) is 3.74. The molecule has 4 nitrogen and oxygen atoms in total. The van der Waals surface area contributed by atoms with Gasteiger partial charge in [-0.05, 0) is 40.9 Å². The molecule has 1 heterocycles. The molecule has 0 unspecified atom stereocenters. The van der Waals surface area contributed by atoms with Crippen LogP contribution in [0.5, 0.6) is 5.75 Å². The molecule has 0 atom stereocenters. The van der Waals surface area contributed by atoms with Crippen molar-refractivity contribution in [3.8, 4) is 5.75 Å². The van der Waals surface area contributed by atoms with E-state index in [0.29, 0.717) is 18.3 Å². The first-order valence-electron chi connectivity index (χ1n) is 6.70. The summed E-state index contributed by atoms with van der Waals surface area (Å²) in [6, 6.07) is 9.73. The van der Waals surface area contributed by atoms with E-state index in [2.05, 4.69) is 31.2 Å². The summed E-state index contributed by atoms with van der Waals surface area (Å²) in [5.41, 5.74) is 1.09. The van der Waals surface area contributed by atoms with Crippen LogP contribution < -0.4 is 10.1 Å². The molecular weight excluding hydrogens is 318 g/mol. The van der Waals surface area contributed by atoms with E-state index < -0.39 is 0 Å². The second kappa shape index (κ2) is 5.79. The summed E-state index contributed by atoms with van der Waals surface area (Å²) in [6.07, 6.45) is 2.41. The summed E-state index contributed by atoms with van der Waals surface area (Å²) in [6.45, 7) is 0.381. The van der Waals surface area contributed by atoms with E-state index in [1.165, 1.54) is 12.8 Å². The van der Waals surface area contributed by atoms with Crippen molar-refractivity contribution in [1.29, 1.82) is 0 Å². The maximum atomic E-state index is 5.72. The zero-order valence-corrected chi connectivity index (χ0v) is 12.9. The van der Waals surface area contributed by atoms with Gasteiger partial charge in [0.1, 0.15) is 18.2 Å². The number of aromatic nitrogens is 2. The predicted molar refractivity (Wildman–Crippen MR) is 82.0 cm³/mol. The number of anilines is 1. The Kier molecular flexibility index (Phi) is 3.87. The summed E-state index contributed by atoms with van der Waals surface area (Å²) in [4.78, 5) is 9.12. The van der Waals surface area contributed by atoms with Gasteiger partial charge in [-0.15, -0.1) is 0 Å². The standard InChI is InChI=1S/C15H16BrN3O/c1-17-15-13(16)14(10-7-8-10)18-12(19-15)9-20-11-5-3-2-4-6-11/h2-6,10H,7-9H2,1H3,(H,17,18,19). The first kappa shape index (κ1) is 13.4. The zero-order chi connectivity index (χ0) is 13.9. The SMILES string of the molecule is CNc1nc(COc2ccccc2)nc(C2CC2)c1Br. The molecule has 1 aliphatic rings. The number of rotatable bonds is 5. The molecule has 104 valence electrons. The van der Waals surface area contributed by atoms with Crippen molar-refractivity contribution in [1.82, 2.24) is 9.97 Å². The molecule has 0 saturated heterocycles. The van der Waals surface area contributed by atoms with E-state index >= 15 is 0 Å². The van der Waals surface area contributed by atoms with Crippen LogP contribution in [0.4, 0.5) is 5.82 Å². The summed E-state index contributed by atoms with van der Waals surface area (Å²) in [7, 11) is 1.87. The summed E-state index contributed by atoms with van der Waals surface area (Å²) >= 11 is 3.58. The van der Waals surface area contributed by atoms with E-state index in [4.69, 9.17) is 4.74 Å². The molecule has 1 aliphatic carbocycles. The lowest BCUT2D eigenvalue weighted by molar-refractivity contribution is 0.295. The van der Waals surface area contributed by atoms with Gasteiger partial charge in [0.25, 0.3) is 0 Å². The Morgan fingerprint density at radius 2 is 2.00 bits per heavy atom. The Morgan fingerprint density at radius 3 is 2.65 bits per heavy atom. The molecule has 0 amide bonds. The number of halogens is 1. The third-order valence-corrected chi connectivity index (χ3v) is 4.02. The van der Waals surface area contributed by atoms with Crippen LogP contribution >= 0.6 is 15.9 Å². The third kappa shape index (κ3) is 2.93. The van der Waals surface area contributed by atoms with E-state index in [9.17, 15) is 0 Å². The molecule has 1 saturated carbocycles. The molecule has 5 heteroatoms. The van der Waals surface area contributed by atoms with Gasteiger partial charge in [0, 0.05) is 13.0 Å². The van der Waals surface area contributed by atoms with Gasteiger partial charge in [0.2, 0.25) is 0 Å². The Morgan fingerprint density at radius 1 is 1.25 bits per heavy atom. The highest BCUT2D eigenvalue weighted by Crippen LogP contribution is 2.43. The van der Waals surface area contributed by atoms with E-state index in [-0.39, 0.29) is 0 Å². The molecule has 20 heavy (non-hydrogen) atoms. The quantitative estimate of drug-likeness (QED) is 0.905. The lowest BCUT2D eigenvalue weighted by atomic mass is 10.2. The molecular formula is C15H16BrN3O. The molecule has 0 aliphatic heterocycles. The Labute approximate surface area is 126 Å². The minimum absolute atomic E-state index is 0.381. The van der Waals surface area contributed by atoms with Gasteiger partial charge in [-0.1, -0.05) is 18.2 Å². The maximum absolute atomic E-state index is 5.72. The van der Waals surface area contributed by atoms with Crippen LogP contribution in [0.1, 0.15) is 30.3 Å². The van der Waals surface area contributed by atoms with Crippen molar-refractivity contribution in [3.05, 3.63) is 46.3 Å². The van der Waals surface area contributed by atoms with Crippen molar-refractivity contribution in [2.45, 2.75) is 25.4 Å². The highest BCUT2D eigenvalue weighted by Gasteiger charge is 2.29. The summed E-state index contributed by atoms with van der Waals surface area (Å²) in [5.74, 6) is 2.94. The second-order valence-electron chi connectivity index (χ2n) is 4.81. The maximum Gasteiger partial charge on any atom is 0.168 e. The van der Waals surface area contributed by atoms with Gasteiger partial charge in [0.05, 0.1) is 10.2 Å². The largest absolute Gasteiger partial charge is 0.486 e. The van der Waals surface area contributed by atoms with E-state index in [0.717, 1.165) is 21.7 Å². The number of nitrogens with zero attached hydrogens (tertiary/aromatic N) is 2. The fraction of sp³-hybridized carbons (Fsp3) is 0.333. The van der Waals surface area contributed by atoms with Crippen molar-refractivity contribution >= 4 is 21.7 Å². The van der Waals surface area contributed by atoms with Crippen LogP contribution in [0.3, 0.4) is 0 Å². The van der Waals surface area contributed by atoms with Gasteiger partial charge in [-0.3, -0.25) is 0 Å². The van der Waals surface area contributed by atoms with Gasteiger partial charge in [-0.25, -0.2) is 9.97 Å². The van der Waals surface area contributed by atoms with E-state index in [1.807, 2.05) is 37.4 Å². The number of nitrogens with one attached hydrogen (secondary N) is 1. The van der Waals surface area contributed by atoms with E-state index in [1.54, 1.807) is 0 Å². The molecule has 0 spiro atoms. The second-order valence-corrected chi connectivity index (χ2v) is 5.61. The van der Waals surface area contributed by atoms with Crippen LogP contribution in [-0.2, 0) is 6.61 Å². The number of hydrogen-bond acceptors (Lipinski definition) is 4. The lowest BCUT2D eigenvalue weighted by Crippen LogP contribution is -2.08. The van der Waals surface area contributed by atoms with Crippen LogP contribution in [-0.4, -0.2) is 17.0 Å². The summed E-state index contributed by atoms with van der Waals surface area (Å²) in [5, 5.41) is 3.10. The lowest BCUT2D eigenvalue weighted by Gasteiger charge is -2.11. The average molecular weight is 334 g/mol. The summed E-state index contributed by atoms with van der Waals surface area (Å²) < 4.78 is 6.70. The topological polar surface area (TPSA) is 47.0 Å². The minimum Gasteiger partial charge on any atom is -0.486 e. The van der Waals surface area contributed by atoms with Crippen LogP contribution in [0.25, 0.3) is 0 Å². The van der Waals surface area contributed by atoms with Crippen molar-refractivity contribution in [2.24, 2.45) is 0 Å². The molecule has 0 bridgehead atoms. The van der Waals surface area contributed by atoms with Crippen molar-refractivity contribution in [2.75, 3.05) is 12.4 Å². The zero-order valence-electron chi connectivity index (χ0n) is 11.3. The molecule has 1 aromatic heterocycles. The molecule has 0 radical (unpaired) electrons. The minimum atomic E-state index is 0.381. The molecule has 1 N–H and O–H groups in total. The van der Waals surface area contributed by atoms with Gasteiger partial charge in [-0.2, -0.15) is 0 Å². The molecule has 2 aromatic rings. The molecule has 1 aromatic carbocycles. The fourth-order valence-electron chi connectivity index (χ4n) is 2.03. The first-order valence-corrected chi connectivity index (χ1v) is 7.49. The number of hydrogen-bond donors (Lipinski definition) is 1. The van der Waals surface area contributed by atoms with Crippen molar-refractivity contribution in [3.63, 3.8) is 0 Å². The van der Waals surface area contributed by atoms with Crippen LogP contribution in [0.15, 0.2) is 34.8 Å². The number of ether oxygens (including phenoxy) is 1. The first-order chi connectivity index (χ1) is 9.78. The Balaban J connectivity index is 1.80. The monoisotopic (exact) mass is 333 g/mol. The number of para-hydroxylation sites is 1. The van der Waals surface area contributed by atoms with Crippen LogP contribution in [0.2, 0.25) is 0 Å². The van der Waals surface area contributed by atoms with Gasteiger partial charge < -0.3 is 10.1 Å². The Hall–Kier alpha value is -1.62. The van der Waals surface area contributed by atoms with Crippen molar-refractivity contribution < 1.29 is 4.74 Å². The average Bonchev–Trinajstić information content (AvgIpc) is 3.32. The fourth-order valence-corrected chi connectivity index (χ4v) is 2.73. The Bertz CT molecular complexity index is 600. The number of benzene rings is 1. The van der Waals surface area contributed by atoms with Crippen LogP contribution in [0, 0.1) is 0 Å². The molecule has 3 rings (SSSR count). The molecule has 1 fully saturated rings. The normalized spacial score (nSPS) is 14.1. The highest BCUT2D eigenvalue weighted by molar-refractivity contribution is 9.10. The van der Waals surface area contributed by atoms with Gasteiger partial charge >= 0.3 is 0 Å². The third-order valence-electron chi connectivity index (χ3n) is 3.24. The smallest absolute Gasteiger partial charge is 0.168 e. The highest BCUT2D eigenvalue weighted by atomic mass is 79.9.